The summed E-state index contributed by atoms with van der Waals surface area (Å²) in [5.41, 5.74) is 1.18. The van der Waals surface area contributed by atoms with Gasteiger partial charge in [0.25, 0.3) is 0 Å². The topological polar surface area (TPSA) is 35.9 Å². The van der Waals surface area contributed by atoms with Crippen LogP contribution in [0, 0.1) is 6.92 Å². The largest absolute Gasteiger partial charge is 0.491 e. The molecule has 0 amide bonds. The number of β-amino-alcohol motifs (C(OH)–C–C–N with tert-alkyl or cyclic N) is 1. The molecule has 1 N–H and O–H groups in total. The van der Waals surface area contributed by atoms with E-state index in [1.807, 2.05) is 31.2 Å². The number of hydrogen-bond donors (Lipinski definition) is 1. The highest BCUT2D eigenvalue weighted by molar-refractivity contribution is 5.27. The zero-order chi connectivity index (χ0) is 15.5. The van der Waals surface area contributed by atoms with E-state index in [1.165, 1.54) is 24.9 Å². The molecule has 4 nitrogen and oxygen atoms in total. The lowest BCUT2D eigenvalue weighted by Crippen LogP contribution is -2.56. The van der Waals surface area contributed by atoms with Crippen molar-refractivity contribution in [2.24, 2.45) is 0 Å². The van der Waals surface area contributed by atoms with Gasteiger partial charge in [-0.2, -0.15) is 0 Å². The SMILES string of the molecule is Cc1cccc(OC[C@H](O)CN2C[C@H]3CCCN3C[C@H]2C)c1. The normalized spacial score (nSPS) is 27.6. The van der Waals surface area contributed by atoms with E-state index < -0.39 is 6.10 Å². The number of nitrogens with zero attached hydrogens (tertiary/aromatic N) is 2. The van der Waals surface area contributed by atoms with Crippen LogP contribution < -0.4 is 4.74 Å². The number of aliphatic hydroxyl groups excluding tert-OH is 1. The molecule has 0 spiro atoms. The first-order chi connectivity index (χ1) is 10.6. The summed E-state index contributed by atoms with van der Waals surface area (Å²) in [4.78, 5) is 5.04. The number of hydrogen-bond acceptors (Lipinski definition) is 4. The lowest BCUT2D eigenvalue weighted by molar-refractivity contribution is 0.00900. The number of ether oxygens (including phenoxy) is 1. The van der Waals surface area contributed by atoms with Crippen molar-refractivity contribution < 1.29 is 9.84 Å². The molecule has 122 valence electrons. The summed E-state index contributed by atoms with van der Waals surface area (Å²) in [5.74, 6) is 0.840. The zero-order valence-electron chi connectivity index (χ0n) is 13.7. The summed E-state index contributed by atoms with van der Waals surface area (Å²) in [5, 5.41) is 10.3. The maximum Gasteiger partial charge on any atom is 0.119 e. The van der Waals surface area contributed by atoms with Gasteiger partial charge in [-0.3, -0.25) is 9.80 Å². The van der Waals surface area contributed by atoms with Crippen LogP contribution in [0.4, 0.5) is 0 Å². The number of fused-ring (bicyclic) bond motifs is 1. The summed E-state index contributed by atoms with van der Waals surface area (Å²) in [6.07, 6.45) is 2.19. The first-order valence-corrected chi connectivity index (χ1v) is 8.47. The molecule has 2 aliphatic rings. The molecule has 0 aromatic heterocycles. The van der Waals surface area contributed by atoms with E-state index in [9.17, 15) is 5.11 Å². The molecule has 0 bridgehead atoms. The van der Waals surface area contributed by atoms with Gasteiger partial charge in [-0.25, -0.2) is 0 Å². The molecule has 2 fully saturated rings. The van der Waals surface area contributed by atoms with Crippen LogP contribution in [0.3, 0.4) is 0 Å². The minimum absolute atomic E-state index is 0.362. The van der Waals surface area contributed by atoms with Crippen LogP contribution in [0.5, 0.6) is 5.75 Å². The second kappa shape index (κ2) is 6.99. The molecule has 0 radical (unpaired) electrons. The first kappa shape index (κ1) is 15.8. The van der Waals surface area contributed by atoms with E-state index in [-0.39, 0.29) is 0 Å². The molecule has 3 rings (SSSR count). The molecule has 4 heteroatoms. The Kier molecular flexibility index (Phi) is 5.01. The number of rotatable bonds is 5. The highest BCUT2D eigenvalue weighted by atomic mass is 16.5. The molecule has 0 saturated carbocycles. The van der Waals surface area contributed by atoms with Crippen molar-refractivity contribution in [2.45, 2.75) is 44.9 Å². The third kappa shape index (κ3) is 3.80. The molecule has 2 aliphatic heterocycles. The predicted molar refractivity (Wildman–Crippen MR) is 88.3 cm³/mol. The lowest BCUT2D eigenvalue weighted by atomic mass is 10.1. The summed E-state index contributed by atoms with van der Waals surface area (Å²) < 4.78 is 5.72. The standard InChI is InChI=1S/C18H28N2O2/c1-14-5-3-7-18(9-14)22-13-17(21)12-20-11-16-6-4-8-19(16)10-15(20)2/h3,5,7,9,15-17,21H,4,6,8,10-13H2,1-2H3/t15-,16-,17-/m1/s1. The summed E-state index contributed by atoms with van der Waals surface area (Å²) in [6, 6.07) is 9.20. The Balaban J connectivity index is 1.47. The van der Waals surface area contributed by atoms with Gasteiger partial charge in [0.15, 0.2) is 0 Å². The van der Waals surface area contributed by atoms with Crippen molar-refractivity contribution >= 4 is 0 Å². The number of aliphatic hydroxyl groups is 1. The second-order valence-electron chi connectivity index (χ2n) is 6.88. The van der Waals surface area contributed by atoms with Gasteiger partial charge in [0.2, 0.25) is 0 Å². The Morgan fingerprint density at radius 2 is 2.23 bits per heavy atom. The fourth-order valence-electron chi connectivity index (χ4n) is 3.72. The Hall–Kier alpha value is -1.10. The van der Waals surface area contributed by atoms with Crippen molar-refractivity contribution in [1.82, 2.24) is 9.80 Å². The number of piperazine rings is 1. The maximum atomic E-state index is 10.3. The van der Waals surface area contributed by atoms with Crippen molar-refractivity contribution in [2.75, 3.05) is 32.8 Å². The monoisotopic (exact) mass is 304 g/mol. The molecular formula is C18H28N2O2. The molecule has 3 atom stereocenters. The van der Waals surface area contributed by atoms with Crippen LogP contribution in [0.1, 0.15) is 25.3 Å². The molecule has 0 aliphatic carbocycles. The van der Waals surface area contributed by atoms with Crippen molar-refractivity contribution in [3.63, 3.8) is 0 Å². The molecule has 1 aromatic carbocycles. The van der Waals surface area contributed by atoms with Crippen molar-refractivity contribution in [3.8, 4) is 5.75 Å². The third-order valence-electron chi connectivity index (χ3n) is 4.94. The third-order valence-corrected chi connectivity index (χ3v) is 4.94. The fraction of sp³-hybridized carbons (Fsp3) is 0.667. The van der Waals surface area contributed by atoms with E-state index in [4.69, 9.17) is 4.74 Å². The molecule has 2 heterocycles. The van der Waals surface area contributed by atoms with Gasteiger partial charge in [-0.05, 0) is 50.9 Å². The van der Waals surface area contributed by atoms with Crippen molar-refractivity contribution in [1.29, 1.82) is 0 Å². The summed E-state index contributed by atoms with van der Waals surface area (Å²) in [6.45, 7) is 8.85. The molecule has 1 aromatic rings. The average molecular weight is 304 g/mol. The van der Waals surface area contributed by atoms with Gasteiger partial charge < -0.3 is 9.84 Å². The minimum atomic E-state index is -0.434. The Labute approximate surface area is 133 Å². The molecule has 22 heavy (non-hydrogen) atoms. The summed E-state index contributed by atoms with van der Waals surface area (Å²) >= 11 is 0. The number of aryl methyl sites for hydroxylation is 1. The van der Waals surface area contributed by atoms with E-state index in [0.717, 1.165) is 18.8 Å². The molecule has 0 unspecified atom stereocenters. The zero-order valence-corrected chi connectivity index (χ0v) is 13.7. The quantitative estimate of drug-likeness (QED) is 0.901. The van der Waals surface area contributed by atoms with E-state index >= 15 is 0 Å². The van der Waals surface area contributed by atoms with Crippen LogP contribution >= 0.6 is 0 Å². The fourth-order valence-corrected chi connectivity index (χ4v) is 3.72. The Bertz CT molecular complexity index is 494. The van der Waals surface area contributed by atoms with E-state index in [0.29, 0.717) is 25.2 Å². The summed E-state index contributed by atoms with van der Waals surface area (Å²) in [7, 11) is 0. The molecular weight excluding hydrogens is 276 g/mol. The maximum absolute atomic E-state index is 10.3. The highest BCUT2D eigenvalue weighted by Gasteiger charge is 2.34. The van der Waals surface area contributed by atoms with E-state index in [2.05, 4.69) is 16.7 Å². The minimum Gasteiger partial charge on any atom is -0.491 e. The van der Waals surface area contributed by atoms with Crippen LogP contribution in [0.2, 0.25) is 0 Å². The Morgan fingerprint density at radius 1 is 1.36 bits per heavy atom. The highest BCUT2D eigenvalue weighted by Crippen LogP contribution is 2.24. The predicted octanol–water partition coefficient (Wildman–Crippen LogP) is 1.90. The van der Waals surface area contributed by atoms with Gasteiger partial charge in [-0.15, -0.1) is 0 Å². The van der Waals surface area contributed by atoms with Gasteiger partial charge in [-0.1, -0.05) is 12.1 Å². The smallest absolute Gasteiger partial charge is 0.119 e. The van der Waals surface area contributed by atoms with Crippen LogP contribution in [0.15, 0.2) is 24.3 Å². The van der Waals surface area contributed by atoms with Gasteiger partial charge in [0.1, 0.15) is 18.5 Å². The van der Waals surface area contributed by atoms with E-state index in [1.54, 1.807) is 0 Å². The van der Waals surface area contributed by atoms with Gasteiger partial charge >= 0.3 is 0 Å². The van der Waals surface area contributed by atoms with Crippen molar-refractivity contribution in [3.05, 3.63) is 29.8 Å². The van der Waals surface area contributed by atoms with Crippen LogP contribution in [0.25, 0.3) is 0 Å². The van der Waals surface area contributed by atoms with Gasteiger partial charge in [0.05, 0.1) is 0 Å². The van der Waals surface area contributed by atoms with Crippen LogP contribution in [-0.2, 0) is 0 Å². The second-order valence-corrected chi connectivity index (χ2v) is 6.88. The Morgan fingerprint density at radius 3 is 3.05 bits per heavy atom. The number of benzene rings is 1. The van der Waals surface area contributed by atoms with Crippen LogP contribution in [-0.4, -0.2) is 65.9 Å². The lowest BCUT2D eigenvalue weighted by Gasteiger charge is -2.43. The first-order valence-electron chi connectivity index (χ1n) is 8.47. The van der Waals surface area contributed by atoms with Gasteiger partial charge in [0, 0.05) is 31.7 Å². The molecule has 2 saturated heterocycles. The average Bonchev–Trinajstić information content (AvgIpc) is 2.93.